The molecule has 9 heteroatoms. The van der Waals surface area contributed by atoms with Crippen LogP contribution in [0.3, 0.4) is 0 Å². The smallest absolute Gasteiger partial charge is 0.326 e. The summed E-state index contributed by atoms with van der Waals surface area (Å²) in [6.07, 6.45) is 2.30. The van der Waals surface area contributed by atoms with E-state index < -0.39 is 22.0 Å². The largest absolute Gasteiger partial charge is 0.480 e. The van der Waals surface area contributed by atoms with Crippen molar-refractivity contribution in [1.29, 1.82) is 0 Å². The van der Waals surface area contributed by atoms with Crippen LogP contribution < -0.4 is 10.0 Å². The lowest BCUT2D eigenvalue weighted by molar-refractivity contribution is -0.143. The predicted octanol–water partition coefficient (Wildman–Crippen LogP) is 1.51. The molecule has 0 radical (unpaired) electrons. The van der Waals surface area contributed by atoms with Crippen LogP contribution in [0.4, 0.5) is 0 Å². The van der Waals surface area contributed by atoms with Gasteiger partial charge >= 0.3 is 5.97 Å². The van der Waals surface area contributed by atoms with Gasteiger partial charge < -0.3 is 10.4 Å². The fourth-order valence-corrected chi connectivity index (χ4v) is 4.03. The van der Waals surface area contributed by atoms with Crippen molar-refractivity contribution in [1.82, 2.24) is 10.0 Å². The number of carbonyl (C=O) groups is 2. The molecule has 1 aromatic rings. The summed E-state index contributed by atoms with van der Waals surface area (Å²) in [7, 11) is -3.52. The zero-order valence-electron chi connectivity index (χ0n) is 15.4. The first-order valence-corrected chi connectivity index (χ1v) is 10.4. The quantitative estimate of drug-likeness (QED) is 0.547. The molecule has 1 heterocycles. The molecule has 1 aliphatic rings. The van der Waals surface area contributed by atoms with Gasteiger partial charge in [0.2, 0.25) is 5.91 Å². The van der Waals surface area contributed by atoms with Gasteiger partial charge in [0.15, 0.2) is 0 Å². The third kappa shape index (κ3) is 5.53. The molecule has 3 N–H and O–H groups in total. The highest BCUT2D eigenvalue weighted by molar-refractivity contribution is 7.90. The highest BCUT2D eigenvalue weighted by Gasteiger charge is 2.29. The molecule has 0 saturated carbocycles. The van der Waals surface area contributed by atoms with Crippen molar-refractivity contribution in [3.8, 4) is 0 Å². The second kappa shape index (κ2) is 8.98. The fourth-order valence-electron chi connectivity index (χ4n) is 2.78. The maximum atomic E-state index is 12.0. The topological polar surface area (TPSA) is 125 Å². The van der Waals surface area contributed by atoms with E-state index in [1.807, 2.05) is 0 Å². The molecule has 0 saturated heterocycles. The van der Waals surface area contributed by atoms with Gasteiger partial charge in [-0.2, -0.15) is 0 Å². The SMILES string of the molecule is CC(C)[C@H](NC(=O)CCCCCN=C1NS(=O)(=O)c2ccccc21)C(=O)O. The average molecular weight is 395 g/mol. The van der Waals surface area contributed by atoms with E-state index in [2.05, 4.69) is 15.0 Å². The van der Waals surface area contributed by atoms with Crippen LogP contribution in [0.5, 0.6) is 0 Å². The minimum Gasteiger partial charge on any atom is -0.480 e. The Morgan fingerprint density at radius 1 is 1.19 bits per heavy atom. The molecular weight excluding hydrogens is 370 g/mol. The average Bonchev–Trinajstić information content (AvgIpc) is 2.86. The lowest BCUT2D eigenvalue weighted by Crippen LogP contribution is -2.44. The molecule has 0 fully saturated rings. The van der Waals surface area contributed by atoms with E-state index in [4.69, 9.17) is 5.11 Å². The maximum absolute atomic E-state index is 12.0. The molecule has 0 aliphatic carbocycles. The fraction of sp³-hybridized carbons (Fsp3) is 0.500. The summed E-state index contributed by atoms with van der Waals surface area (Å²) in [6, 6.07) is 5.81. The first kappa shape index (κ1) is 20.9. The molecule has 148 valence electrons. The van der Waals surface area contributed by atoms with E-state index in [0.717, 1.165) is 6.42 Å². The Bertz CT molecular complexity index is 833. The van der Waals surface area contributed by atoms with E-state index in [1.165, 1.54) is 0 Å². The number of fused-ring (bicyclic) bond motifs is 1. The minimum absolute atomic E-state index is 0.180. The number of carbonyl (C=O) groups excluding carboxylic acids is 1. The van der Waals surface area contributed by atoms with E-state index in [0.29, 0.717) is 30.8 Å². The molecule has 8 nitrogen and oxygen atoms in total. The number of carboxylic acid groups (broad SMARTS) is 1. The summed E-state index contributed by atoms with van der Waals surface area (Å²) in [6.45, 7) is 3.93. The molecule has 1 amide bonds. The molecule has 0 aromatic heterocycles. The van der Waals surface area contributed by atoms with Crippen LogP contribution in [0.15, 0.2) is 34.2 Å². The third-order valence-corrected chi connectivity index (χ3v) is 5.64. The number of sulfonamides is 1. The molecule has 27 heavy (non-hydrogen) atoms. The number of benzene rings is 1. The summed E-state index contributed by atoms with van der Waals surface area (Å²) in [5, 5.41) is 11.6. The number of rotatable bonds is 9. The number of unbranched alkanes of at least 4 members (excludes halogenated alkanes) is 2. The van der Waals surface area contributed by atoms with Crippen molar-refractivity contribution >= 4 is 27.7 Å². The second-order valence-electron chi connectivity index (χ2n) is 6.77. The van der Waals surface area contributed by atoms with Crippen LogP contribution in [0, 0.1) is 5.92 Å². The number of aliphatic imine (C=N–C) groups is 1. The summed E-state index contributed by atoms with van der Waals surface area (Å²) in [4.78, 5) is 27.5. The minimum atomic E-state index is -3.52. The second-order valence-corrected chi connectivity index (χ2v) is 8.42. The van der Waals surface area contributed by atoms with E-state index >= 15 is 0 Å². The number of nitrogens with one attached hydrogen (secondary N) is 2. The lowest BCUT2D eigenvalue weighted by atomic mass is 10.0. The number of hydrogen-bond acceptors (Lipinski definition) is 5. The van der Waals surface area contributed by atoms with Crippen LogP contribution in [-0.4, -0.2) is 43.8 Å². The number of aliphatic carboxylic acids is 1. The van der Waals surface area contributed by atoms with Gasteiger partial charge in [0.25, 0.3) is 10.0 Å². The van der Waals surface area contributed by atoms with Gasteiger partial charge in [-0.05, 0) is 30.9 Å². The molecule has 1 aromatic carbocycles. The molecule has 2 rings (SSSR count). The molecule has 1 atom stereocenters. The predicted molar refractivity (Wildman–Crippen MR) is 101 cm³/mol. The summed E-state index contributed by atoms with van der Waals surface area (Å²) in [5.41, 5.74) is 0.574. The van der Waals surface area contributed by atoms with Crippen molar-refractivity contribution in [2.45, 2.75) is 50.5 Å². The van der Waals surface area contributed by atoms with Crippen molar-refractivity contribution in [3.63, 3.8) is 0 Å². The van der Waals surface area contributed by atoms with Gasteiger partial charge in [-0.1, -0.05) is 32.4 Å². The van der Waals surface area contributed by atoms with Gasteiger partial charge in [-0.25, -0.2) is 13.2 Å². The zero-order chi connectivity index (χ0) is 20.0. The summed E-state index contributed by atoms with van der Waals surface area (Å²) in [5.74, 6) is -1.14. The van der Waals surface area contributed by atoms with E-state index in [1.54, 1.807) is 38.1 Å². The van der Waals surface area contributed by atoms with Crippen LogP contribution in [0.2, 0.25) is 0 Å². The number of amidine groups is 1. The molecule has 0 unspecified atom stereocenters. The van der Waals surface area contributed by atoms with Crippen molar-refractivity contribution in [2.75, 3.05) is 6.54 Å². The maximum Gasteiger partial charge on any atom is 0.326 e. The standard InChI is InChI=1S/C18H25N3O5S/c1-12(2)16(18(23)24)20-15(22)10-4-3-7-11-19-17-13-8-5-6-9-14(13)27(25,26)21-17/h5-6,8-9,12,16H,3-4,7,10-11H2,1-2H3,(H,19,21)(H,20,22)(H,23,24)/t16-/m0/s1. The van der Waals surface area contributed by atoms with Crippen LogP contribution in [0.25, 0.3) is 0 Å². The number of amides is 1. The van der Waals surface area contributed by atoms with E-state index in [-0.39, 0.29) is 23.1 Å². The molecular formula is C18H25N3O5S. The lowest BCUT2D eigenvalue weighted by Gasteiger charge is -2.17. The highest BCUT2D eigenvalue weighted by atomic mass is 32.2. The zero-order valence-corrected chi connectivity index (χ0v) is 16.3. The summed E-state index contributed by atoms with van der Waals surface area (Å²) < 4.78 is 26.4. The summed E-state index contributed by atoms with van der Waals surface area (Å²) >= 11 is 0. The van der Waals surface area contributed by atoms with Gasteiger partial charge in [-0.3, -0.25) is 14.5 Å². The number of nitrogens with zero attached hydrogens (tertiary/aromatic N) is 1. The van der Waals surface area contributed by atoms with Crippen molar-refractivity contribution in [3.05, 3.63) is 29.8 Å². The Kier molecular flexibility index (Phi) is 6.95. The van der Waals surface area contributed by atoms with Gasteiger partial charge in [0, 0.05) is 18.5 Å². The Hall–Kier alpha value is -2.42. The normalized spacial score (nSPS) is 17.4. The van der Waals surface area contributed by atoms with Crippen molar-refractivity contribution < 1.29 is 23.1 Å². The molecule has 0 spiro atoms. The third-order valence-electron chi connectivity index (χ3n) is 4.24. The van der Waals surface area contributed by atoms with E-state index in [9.17, 15) is 18.0 Å². The Balaban J connectivity index is 1.75. The molecule has 0 bridgehead atoms. The highest BCUT2D eigenvalue weighted by Crippen LogP contribution is 2.22. The Labute approximate surface area is 159 Å². The monoisotopic (exact) mass is 395 g/mol. The Morgan fingerprint density at radius 2 is 1.89 bits per heavy atom. The first-order valence-electron chi connectivity index (χ1n) is 8.91. The first-order chi connectivity index (χ1) is 12.7. The Morgan fingerprint density at radius 3 is 2.56 bits per heavy atom. The number of carboxylic acids is 1. The van der Waals surface area contributed by atoms with Crippen LogP contribution in [-0.2, 0) is 19.6 Å². The van der Waals surface area contributed by atoms with Crippen LogP contribution >= 0.6 is 0 Å². The number of hydrogen-bond donors (Lipinski definition) is 3. The van der Waals surface area contributed by atoms with Crippen molar-refractivity contribution in [2.24, 2.45) is 10.9 Å². The van der Waals surface area contributed by atoms with Gasteiger partial charge in [0.1, 0.15) is 11.9 Å². The van der Waals surface area contributed by atoms with Gasteiger partial charge in [-0.15, -0.1) is 0 Å². The molecule has 1 aliphatic heterocycles. The van der Waals surface area contributed by atoms with Gasteiger partial charge in [0.05, 0.1) is 4.90 Å². The van der Waals surface area contributed by atoms with Crippen LogP contribution in [0.1, 0.15) is 45.1 Å².